The van der Waals surface area contributed by atoms with Gasteiger partial charge >= 0.3 is 0 Å². The van der Waals surface area contributed by atoms with Crippen LogP contribution in [0.5, 0.6) is 0 Å². The topological polar surface area (TPSA) is 32.3 Å². The van der Waals surface area contributed by atoms with E-state index in [0.717, 1.165) is 29.3 Å². The normalized spacial score (nSPS) is 10.7. The molecule has 0 atom stereocenters. The van der Waals surface area contributed by atoms with Crippen molar-refractivity contribution in [1.82, 2.24) is 4.90 Å². The predicted molar refractivity (Wildman–Crippen MR) is 94.7 cm³/mol. The molecule has 1 amide bonds. The summed E-state index contributed by atoms with van der Waals surface area (Å²) in [6, 6.07) is 17.3. The van der Waals surface area contributed by atoms with E-state index in [2.05, 4.69) is 30.4 Å². The molecule has 0 aliphatic heterocycles. The number of rotatable bonds is 7. The highest BCUT2D eigenvalue weighted by Crippen LogP contribution is 2.27. The molecule has 0 saturated carbocycles. The zero-order valence-electron chi connectivity index (χ0n) is 13.1. The number of thioether (sulfide) groups is 1. The van der Waals surface area contributed by atoms with Gasteiger partial charge in [-0.3, -0.25) is 4.79 Å². The lowest BCUT2D eigenvalue weighted by Crippen LogP contribution is -2.14. The number of para-hydroxylation sites is 1. The Morgan fingerprint density at radius 1 is 1.05 bits per heavy atom. The van der Waals surface area contributed by atoms with Crippen LogP contribution < -0.4 is 5.32 Å². The summed E-state index contributed by atoms with van der Waals surface area (Å²) < 4.78 is 0. The lowest BCUT2D eigenvalue weighted by atomic mass is 10.2. The highest BCUT2D eigenvalue weighted by molar-refractivity contribution is 7.99. The molecule has 116 valence electrons. The smallest absolute Gasteiger partial charge is 0.255 e. The highest BCUT2D eigenvalue weighted by Gasteiger charge is 2.08. The summed E-state index contributed by atoms with van der Waals surface area (Å²) in [5, 5.41) is 3.01. The van der Waals surface area contributed by atoms with Crippen LogP contribution in [0, 0.1) is 0 Å². The maximum absolute atomic E-state index is 12.3. The zero-order valence-corrected chi connectivity index (χ0v) is 13.9. The Balaban J connectivity index is 1.97. The lowest BCUT2D eigenvalue weighted by molar-refractivity contribution is 0.102. The fourth-order valence-electron chi connectivity index (χ4n) is 2.04. The van der Waals surface area contributed by atoms with Crippen molar-refractivity contribution in [2.45, 2.75) is 11.3 Å². The van der Waals surface area contributed by atoms with Gasteiger partial charge in [-0.25, -0.2) is 0 Å². The number of hydrogen-bond acceptors (Lipinski definition) is 3. The molecule has 0 spiro atoms. The molecule has 0 unspecified atom stereocenters. The van der Waals surface area contributed by atoms with Gasteiger partial charge in [0.25, 0.3) is 5.91 Å². The van der Waals surface area contributed by atoms with Crippen LogP contribution in [0.3, 0.4) is 0 Å². The largest absolute Gasteiger partial charge is 0.321 e. The van der Waals surface area contributed by atoms with Crippen LogP contribution in [0.2, 0.25) is 0 Å². The van der Waals surface area contributed by atoms with Gasteiger partial charge in [0.05, 0.1) is 5.69 Å². The van der Waals surface area contributed by atoms with Crippen molar-refractivity contribution in [3.05, 3.63) is 60.2 Å². The van der Waals surface area contributed by atoms with Gasteiger partial charge in [0.1, 0.15) is 0 Å². The van der Waals surface area contributed by atoms with Gasteiger partial charge in [0.15, 0.2) is 0 Å². The van der Waals surface area contributed by atoms with E-state index in [0.29, 0.717) is 5.56 Å². The second kappa shape index (κ2) is 8.61. The second-order valence-corrected chi connectivity index (χ2v) is 6.46. The zero-order chi connectivity index (χ0) is 15.8. The van der Waals surface area contributed by atoms with Gasteiger partial charge < -0.3 is 10.2 Å². The van der Waals surface area contributed by atoms with Crippen LogP contribution >= 0.6 is 11.8 Å². The molecule has 0 heterocycles. The van der Waals surface area contributed by atoms with E-state index in [1.54, 1.807) is 11.8 Å². The molecule has 0 fully saturated rings. The van der Waals surface area contributed by atoms with Crippen molar-refractivity contribution >= 4 is 23.4 Å². The third-order valence-corrected chi connectivity index (χ3v) is 4.34. The van der Waals surface area contributed by atoms with Gasteiger partial charge in [-0.2, -0.15) is 0 Å². The molecule has 3 nitrogen and oxygen atoms in total. The minimum atomic E-state index is -0.0676. The molecule has 2 aromatic rings. The third kappa shape index (κ3) is 5.20. The molecule has 0 bridgehead atoms. The van der Waals surface area contributed by atoms with Gasteiger partial charge in [-0.1, -0.05) is 30.3 Å². The second-order valence-electron chi connectivity index (χ2n) is 5.32. The Hall–Kier alpha value is -1.78. The Labute approximate surface area is 136 Å². The highest BCUT2D eigenvalue weighted by atomic mass is 32.2. The number of nitrogens with zero attached hydrogens (tertiary/aromatic N) is 1. The number of carbonyl (C=O) groups is 1. The van der Waals surface area contributed by atoms with Crippen molar-refractivity contribution in [2.24, 2.45) is 0 Å². The Bertz CT molecular complexity index is 599. The van der Waals surface area contributed by atoms with Crippen molar-refractivity contribution < 1.29 is 4.79 Å². The molecular formula is C18H22N2OS. The first-order valence-corrected chi connectivity index (χ1v) is 8.38. The van der Waals surface area contributed by atoms with Gasteiger partial charge in [-0.15, -0.1) is 11.8 Å². The van der Waals surface area contributed by atoms with Crippen LogP contribution in [0.4, 0.5) is 5.69 Å². The Morgan fingerprint density at radius 2 is 1.73 bits per heavy atom. The van der Waals surface area contributed by atoms with E-state index >= 15 is 0 Å². The third-order valence-electron chi connectivity index (χ3n) is 3.18. The number of amides is 1. The molecule has 2 aromatic carbocycles. The lowest BCUT2D eigenvalue weighted by Gasteiger charge is -2.12. The van der Waals surface area contributed by atoms with Crippen molar-refractivity contribution in [2.75, 3.05) is 31.7 Å². The summed E-state index contributed by atoms with van der Waals surface area (Å²) in [6.07, 6.45) is 1.12. The van der Waals surface area contributed by atoms with Crippen molar-refractivity contribution in [3.63, 3.8) is 0 Å². The van der Waals surface area contributed by atoms with Crippen LogP contribution in [0.25, 0.3) is 0 Å². The summed E-state index contributed by atoms with van der Waals surface area (Å²) in [5.41, 5.74) is 1.56. The number of anilines is 1. The molecular weight excluding hydrogens is 292 g/mol. The fraction of sp³-hybridized carbons (Fsp3) is 0.278. The minimum absolute atomic E-state index is 0.0676. The summed E-state index contributed by atoms with van der Waals surface area (Å²) in [4.78, 5) is 15.6. The maximum Gasteiger partial charge on any atom is 0.255 e. The van der Waals surface area contributed by atoms with E-state index in [1.165, 1.54) is 0 Å². The first kappa shape index (κ1) is 16.6. The van der Waals surface area contributed by atoms with E-state index in [1.807, 2.05) is 48.5 Å². The summed E-state index contributed by atoms with van der Waals surface area (Å²) in [5.74, 6) is 0.970. The minimum Gasteiger partial charge on any atom is -0.321 e. The van der Waals surface area contributed by atoms with E-state index in [9.17, 15) is 4.79 Å². The quantitative estimate of drug-likeness (QED) is 0.620. The summed E-state index contributed by atoms with van der Waals surface area (Å²) in [6.45, 7) is 1.07. The van der Waals surface area contributed by atoms with Crippen LogP contribution in [-0.2, 0) is 0 Å². The van der Waals surface area contributed by atoms with Crippen LogP contribution in [0.1, 0.15) is 16.8 Å². The number of benzene rings is 2. The molecule has 0 aliphatic rings. The molecule has 4 heteroatoms. The monoisotopic (exact) mass is 314 g/mol. The summed E-state index contributed by atoms with van der Waals surface area (Å²) in [7, 11) is 4.16. The van der Waals surface area contributed by atoms with Gasteiger partial charge in [-0.05, 0) is 57.1 Å². The maximum atomic E-state index is 12.3. The van der Waals surface area contributed by atoms with E-state index in [4.69, 9.17) is 0 Å². The predicted octanol–water partition coefficient (Wildman–Crippen LogP) is 3.98. The van der Waals surface area contributed by atoms with Crippen molar-refractivity contribution in [1.29, 1.82) is 0 Å². The average molecular weight is 314 g/mol. The van der Waals surface area contributed by atoms with Crippen molar-refractivity contribution in [3.8, 4) is 0 Å². The van der Waals surface area contributed by atoms with Gasteiger partial charge in [0.2, 0.25) is 0 Å². The fourth-order valence-corrected chi connectivity index (χ4v) is 2.99. The first-order chi connectivity index (χ1) is 10.7. The number of carbonyl (C=O) groups excluding carboxylic acids is 1. The Kier molecular flexibility index (Phi) is 6.49. The molecule has 1 N–H and O–H groups in total. The first-order valence-electron chi connectivity index (χ1n) is 7.40. The molecule has 0 aliphatic carbocycles. The number of hydrogen-bond donors (Lipinski definition) is 1. The standard InChI is InChI=1S/C18H22N2OS/c1-20(2)13-8-14-22-17-12-7-6-11-16(17)19-18(21)15-9-4-3-5-10-15/h3-7,9-12H,8,13-14H2,1-2H3,(H,19,21). The Morgan fingerprint density at radius 3 is 2.45 bits per heavy atom. The SMILES string of the molecule is CN(C)CCCSc1ccccc1NC(=O)c1ccccc1. The molecule has 0 radical (unpaired) electrons. The van der Waals surface area contributed by atoms with E-state index in [-0.39, 0.29) is 5.91 Å². The number of nitrogens with one attached hydrogen (secondary N) is 1. The van der Waals surface area contributed by atoms with E-state index < -0.39 is 0 Å². The molecule has 0 saturated heterocycles. The van der Waals surface area contributed by atoms with Crippen LogP contribution in [-0.4, -0.2) is 37.2 Å². The van der Waals surface area contributed by atoms with Gasteiger partial charge in [0, 0.05) is 10.5 Å². The molecule has 0 aromatic heterocycles. The average Bonchev–Trinajstić information content (AvgIpc) is 2.53. The van der Waals surface area contributed by atoms with Crippen LogP contribution in [0.15, 0.2) is 59.5 Å². The summed E-state index contributed by atoms with van der Waals surface area (Å²) >= 11 is 1.78. The molecule has 2 rings (SSSR count). The molecule has 22 heavy (non-hydrogen) atoms.